The molecular formula is C8H20N2O3S. The maximum Gasteiger partial charge on any atom is 0.211 e. The maximum absolute atomic E-state index is 11.4. The molecule has 0 heterocycles. The van der Waals surface area contributed by atoms with Gasteiger partial charge in [-0.05, 0) is 19.4 Å². The fourth-order valence-corrected chi connectivity index (χ4v) is 2.51. The molecule has 0 aromatic rings. The standard InChI is InChI=1S/C8H20N2O3S/c1-3-6-14(11,12)10-8(4-5-9)7-13-2/h8,10H,3-7,9H2,1-2H3. The van der Waals surface area contributed by atoms with E-state index in [-0.39, 0.29) is 11.8 Å². The fourth-order valence-electron chi connectivity index (χ4n) is 1.16. The summed E-state index contributed by atoms with van der Waals surface area (Å²) in [4.78, 5) is 0. The van der Waals surface area contributed by atoms with Crippen molar-refractivity contribution in [3.8, 4) is 0 Å². The van der Waals surface area contributed by atoms with Crippen LogP contribution in [0, 0.1) is 0 Å². The molecule has 0 aliphatic heterocycles. The first-order valence-electron chi connectivity index (χ1n) is 4.74. The van der Waals surface area contributed by atoms with Crippen molar-refractivity contribution >= 4 is 10.0 Å². The smallest absolute Gasteiger partial charge is 0.211 e. The fraction of sp³-hybridized carbons (Fsp3) is 1.00. The highest BCUT2D eigenvalue weighted by Gasteiger charge is 2.15. The van der Waals surface area contributed by atoms with Crippen LogP contribution < -0.4 is 10.5 Å². The first-order chi connectivity index (χ1) is 6.55. The zero-order chi connectivity index (χ0) is 11.0. The molecule has 0 aliphatic rings. The third-order valence-corrected chi connectivity index (χ3v) is 3.34. The highest BCUT2D eigenvalue weighted by Crippen LogP contribution is 1.96. The second-order valence-electron chi connectivity index (χ2n) is 3.17. The molecule has 6 heteroatoms. The molecule has 0 saturated carbocycles. The van der Waals surface area contributed by atoms with E-state index in [1.165, 1.54) is 7.11 Å². The van der Waals surface area contributed by atoms with Crippen molar-refractivity contribution in [3.63, 3.8) is 0 Å². The molecule has 0 aromatic heterocycles. The topological polar surface area (TPSA) is 81.4 Å². The summed E-state index contributed by atoms with van der Waals surface area (Å²) >= 11 is 0. The average Bonchev–Trinajstić information content (AvgIpc) is 2.03. The predicted octanol–water partition coefficient (Wildman–Crippen LogP) is -0.320. The minimum atomic E-state index is -3.16. The lowest BCUT2D eigenvalue weighted by atomic mass is 10.2. The summed E-state index contributed by atoms with van der Waals surface area (Å²) in [5.74, 6) is 0.151. The van der Waals surface area contributed by atoms with E-state index in [0.29, 0.717) is 26.0 Å². The normalized spacial score (nSPS) is 14.2. The zero-order valence-electron chi connectivity index (χ0n) is 8.82. The molecule has 5 nitrogen and oxygen atoms in total. The van der Waals surface area contributed by atoms with Gasteiger partial charge < -0.3 is 10.5 Å². The Bertz CT molecular complexity index is 223. The van der Waals surface area contributed by atoms with E-state index in [9.17, 15) is 8.42 Å². The van der Waals surface area contributed by atoms with Gasteiger partial charge in [0, 0.05) is 13.2 Å². The monoisotopic (exact) mass is 224 g/mol. The summed E-state index contributed by atoms with van der Waals surface area (Å²) in [7, 11) is -1.62. The van der Waals surface area contributed by atoms with Crippen LogP contribution in [0.25, 0.3) is 0 Å². The van der Waals surface area contributed by atoms with Crippen LogP contribution in [-0.2, 0) is 14.8 Å². The van der Waals surface area contributed by atoms with Gasteiger partial charge in [-0.1, -0.05) is 6.92 Å². The van der Waals surface area contributed by atoms with Gasteiger partial charge in [-0.25, -0.2) is 13.1 Å². The van der Waals surface area contributed by atoms with Crippen LogP contribution in [0.15, 0.2) is 0 Å². The van der Waals surface area contributed by atoms with Crippen LogP contribution in [0.4, 0.5) is 0 Å². The summed E-state index contributed by atoms with van der Waals surface area (Å²) < 4.78 is 30.2. The second kappa shape index (κ2) is 7.17. The number of nitrogens with two attached hydrogens (primary N) is 1. The number of rotatable bonds is 8. The average molecular weight is 224 g/mol. The Balaban J connectivity index is 4.13. The molecule has 0 saturated heterocycles. The van der Waals surface area contributed by atoms with Gasteiger partial charge in [0.1, 0.15) is 0 Å². The Morgan fingerprint density at radius 2 is 2.14 bits per heavy atom. The number of nitrogens with one attached hydrogen (secondary N) is 1. The number of hydrogen-bond acceptors (Lipinski definition) is 4. The van der Waals surface area contributed by atoms with Crippen LogP contribution in [0.1, 0.15) is 19.8 Å². The van der Waals surface area contributed by atoms with Crippen molar-refractivity contribution in [2.75, 3.05) is 26.0 Å². The molecule has 0 bridgehead atoms. The highest BCUT2D eigenvalue weighted by atomic mass is 32.2. The molecule has 0 spiro atoms. The Labute approximate surface area is 86.1 Å². The molecule has 1 atom stereocenters. The van der Waals surface area contributed by atoms with Crippen LogP contribution >= 0.6 is 0 Å². The molecule has 14 heavy (non-hydrogen) atoms. The molecule has 0 radical (unpaired) electrons. The van der Waals surface area contributed by atoms with Crippen molar-refractivity contribution in [1.82, 2.24) is 4.72 Å². The number of sulfonamides is 1. The largest absolute Gasteiger partial charge is 0.383 e. The summed E-state index contributed by atoms with van der Waals surface area (Å²) in [6, 6.07) is -0.207. The van der Waals surface area contributed by atoms with Crippen LogP contribution in [0.5, 0.6) is 0 Å². The van der Waals surface area contributed by atoms with E-state index in [1.54, 1.807) is 0 Å². The third kappa shape index (κ3) is 6.31. The van der Waals surface area contributed by atoms with Crippen molar-refractivity contribution in [3.05, 3.63) is 0 Å². The lowest BCUT2D eigenvalue weighted by Gasteiger charge is -2.16. The Kier molecular flexibility index (Phi) is 7.08. The SMILES string of the molecule is CCCS(=O)(=O)NC(CCN)COC. The van der Waals surface area contributed by atoms with E-state index in [0.717, 1.165) is 0 Å². The predicted molar refractivity (Wildman–Crippen MR) is 56.5 cm³/mol. The highest BCUT2D eigenvalue weighted by molar-refractivity contribution is 7.89. The van der Waals surface area contributed by atoms with Gasteiger partial charge in [0.25, 0.3) is 0 Å². The van der Waals surface area contributed by atoms with Crippen molar-refractivity contribution < 1.29 is 13.2 Å². The first kappa shape index (κ1) is 13.8. The lowest BCUT2D eigenvalue weighted by Crippen LogP contribution is -2.40. The van der Waals surface area contributed by atoms with Crippen LogP contribution in [0.3, 0.4) is 0 Å². The molecule has 0 fully saturated rings. The van der Waals surface area contributed by atoms with E-state index >= 15 is 0 Å². The summed E-state index contributed by atoms with van der Waals surface area (Å²) in [5.41, 5.74) is 5.36. The number of ether oxygens (including phenoxy) is 1. The molecule has 1 unspecified atom stereocenters. The minimum Gasteiger partial charge on any atom is -0.383 e. The summed E-state index contributed by atoms with van der Waals surface area (Å²) in [6.45, 7) is 2.64. The van der Waals surface area contributed by atoms with Gasteiger partial charge in [-0.3, -0.25) is 0 Å². The van der Waals surface area contributed by atoms with Crippen molar-refractivity contribution in [1.29, 1.82) is 0 Å². The Hall–Kier alpha value is -0.170. The van der Waals surface area contributed by atoms with Crippen LogP contribution in [0.2, 0.25) is 0 Å². The molecule has 86 valence electrons. The molecule has 3 N–H and O–H groups in total. The first-order valence-corrected chi connectivity index (χ1v) is 6.40. The molecule has 0 amide bonds. The van der Waals surface area contributed by atoms with E-state index in [1.807, 2.05) is 6.92 Å². The minimum absolute atomic E-state index is 0.151. The van der Waals surface area contributed by atoms with Gasteiger partial charge in [0.05, 0.1) is 12.4 Å². The Morgan fingerprint density at radius 3 is 2.57 bits per heavy atom. The van der Waals surface area contributed by atoms with E-state index < -0.39 is 10.0 Å². The zero-order valence-corrected chi connectivity index (χ0v) is 9.64. The quantitative estimate of drug-likeness (QED) is 0.592. The maximum atomic E-state index is 11.4. The van der Waals surface area contributed by atoms with Gasteiger partial charge in [0.15, 0.2) is 0 Å². The van der Waals surface area contributed by atoms with E-state index in [2.05, 4.69) is 4.72 Å². The summed E-state index contributed by atoms with van der Waals surface area (Å²) in [5, 5.41) is 0. The molecule has 0 rings (SSSR count). The number of hydrogen-bond donors (Lipinski definition) is 2. The molecule has 0 aromatic carbocycles. The van der Waals surface area contributed by atoms with Crippen LogP contribution in [-0.4, -0.2) is 40.5 Å². The third-order valence-electron chi connectivity index (χ3n) is 1.70. The van der Waals surface area contributed by atoms with Gasteiger partial charge in [-0.2, -0.15) is 0 Å². The van der Waals surface area contributed by atoms with Crippen molar-refractivity contribution in [2.45, 2.75) is 25.8 Å². The van der Waals surface area contributed by atoms with Gasteiger partial charge in [-0.15, -0.1) is 0 Å². The second-order valence-corrected chi connectivity index (χ2v) is 5.04. The molecular weight excluding hydrogens is 204 g/mol. The van der Waals surface area contributed by atoms with Gasteiger partial charge in [0.2, 0.25) is 10.0 Å². The number of methoxy groups -OCH3 is 1. The summed E-state index contributed by atoms with van der Waals surface area (Å²) in [6.07, 6.45) is 1.20. The Morgan fingerprint density at radius 1 is 1.50 bits per heavy atom. The van der Waals surface area contributed by atoms with Gasteiger partial charge >= 0.3 is 0 Å². The van der Waals surface area contributed by atoms with Crippen molar-refractivity contribution in [2.24, 2.45) is 5.73 Å². The molecule has 0 aliphatic carbocycles. The van der Waals surface area contributed by atoms with E-state index in [4.69, 9.17) is 10.5 Å². The lowest BCUT2D eigenvalue weighted by molar-refractivity contribution is 0.172.